The molecule has 1 aliphatic carbocycles. The molecule has 1 unspecified atom stereocenters. The van der Waals surface area contributed by atoms with Gasteiger partial charge in [-0.15, -0.1) is 0 Å². The van der Waals surface area contributed by atoms with Gasteiger partial charge in [0.2, 0.25) is 0 Å². The lowest BCUT2D eigenvalue weighted by atomic mass is 10.1. The lowest BCUT2D eigenvalue weighted by Gasteiger charge is -2.13. The zero-order valence-electron chi connectivity index (χ0n) is 12.2. The molecule has 0 radical (unpaired) electrons. The Morgan fingerprint density at radius 1 is 1.25 bits per heavy atom. The highest BCUT2D eigenvalue weighted by Gasteiger charge is 2.34. The standard InChI is InChI=1S/C16H21NO3/c1-4-17-16(10-5-6-10)15-9-12-13(19-3)7-11(18-2)8-14(12)20-15/h7-10,16-17H,4-6H2,1-3H3. The minimum Gasteiger partial charge on any atom is -0.496 e. The van der Waals surface area contributed by atoms with Crippen LogP contribution in [0.1, 0.15) is 31.6 Å². The van der Waals surface area contributed by atoms with Crippen LogP contribution in [0, 0.1) is 5.92 Å². The van der Waals surface area contributed by atoms with Gasteiger partial charge in [0.1, 0.15) is 22.8 Å². The Kier molecular flexibility index (Phi) is 3.57. The fourth-order valence-corrected chi connectivity index (χ4v) is 2.69. The number of furan rings is 1. The first-order valence-corrected chi connectivity index (χ1v) is 7.15. The Labute approximate surface area is 119 Å². The normalized spacial score (nSPS) is 16.4. The van der Waals surface area contributed by atoms with Crippen molar-refractivity contribution in [3.05, 3.63) is 24.0 Å². The van der Waals surface area contributed by atoms with Crippen LogP contribution in [-0.2, 0) is 0 Å². The van der Waals surface area contributed by atoms with Gasteiger partial charge in [-0.05, 0) is 31.4 Å². The summed E-state index contributed by atoms with van der Waals surface area (Å²) in [5.41, 5.74) is 0.819. The van der Waals surface area contributed by atoms with Crippen molar-refractivity contribution in [2.45, 2.75) is 25.8 Å². The van der Waals surface area contributed by atoms with Crippen LogP contribution in [0.15, 0.2) is 22.6 Å². The van der Waals surface area contributed by atoms with Gasteiger partial charge in [-0.2, -0.15) is 0 Å². The van der Waals surface area contributed by atoms with Crippen LogP contribution in [0.2, 0.25) is 0 Å². The van der Waals surface area contributed by atoms with Crippen molar-refractivity contribution in [3.63, 3.8) is 0 Å². The third kappa shape index (κ3) is 2.36. The molecule has 1 aromatic heterocycles. The van der Waals surface area contributed by atoms with Gasteiger partial charge in [-0.25, -0.2) is 0 Å². The molecule has 0 bridgehead atoms. The second kappa shape index (κ2) is 5.37. The molecule has 1 fully saturated rings. The first-order chi connectivity index (χ1) is 9.76. The van der Waals surface area contributed by atoms with E-state index in [1.807, 2.05) is 12.1 Å². The number of methoxy groups -OCH3 is 2. The van der Waals surface area contributed by atoms with Crippen LogP contribution in [0.3, 0.4) is 0 Å². The molecule has 0 amide bonds. The van der Waals surface area contributed by atoms with Crippen molar-refractivity contribution < 1.29 is 13.9 Å². The molecule has 1 saturated carbocycles. The van der Waals surface area contributed by atoms with Crippen LogP contribution in [0.4, 0.5) is 0 Å². The van der Waals surface area contributed by atoms with Crippen LogP contribution in [0.25, 0.3) is 11.0 Å². The molecular formula is C16H21NO3. The molecule has 1 heterocycles. The van der Waals surface area contributed by atoms with Crippen LogP contribution in [0.5, 0.6) is 11.5 Å². The van der Waals surface area contributed by atoms with Gasteiger partial charge in [0, 0.05) is 12.1 Å². The zero-order chi connectivity index (χ0) is 14.1. The van der Waals surface area contributed by atoms with E-state index in [9.17, 15) is 0 Å². The highest BCUT2D eigenvalue weighted by atomic mass is 16.5. The summed E-state index contributed by atoms with van der Waals surface area (Å²) in [4.78, 5) is 0. The van der Waals surface area contributed by atoms with E-state index < -0.39 is 0 Å². The number of benzene rings is 1. The quantitative estimate of drug-likeness (QED) is 0.876. The average molecular weight is 275 g/mol. The predicted octanol–water partition coefficient (Wildman–Crippen LogP) is 3.51. The summed E-state index contributed by atoms with van der Waals surface area (Å²) in [6, 6.07) is 6.21. The monoisotopic (exact) mass is 275 g/mol. The summed E-state index contributed by atoms with van der Waals surface area (Å²) in [6.45, 7) is 3.07. The fourth-order valence-electron chi connectivity index (χ4n) is 2.69. The summed E-state index contributed by atoms with van der Waals surface area (Å²) in [5.74, 6) is 3.24. The van der Waals surface area contributed by atoms with Gasteiger partial charge in [0.25, 0.3) is 0 Å². The van der Waals surface area contributed by atoms with Crippen molar-refractivity contribution in [2.24, 2.45) is 5.92 Å². The van der Waals surface area contributed by atoms with E-state index in [1.54, 1.807) is 14.2 Å². The molecule has 4 heteroatoms. The van der Waals surface area contributed by atoms with E-state index in [4.69, 9.17) is 13.9 Å². The van der Waals surface area contributed by atoms with E-state index in [1.165, 1.54) is 12.8 Å². The largest absolute Gasteiger partial charge is 0.496 e. The number of ether oxygens (including phenoxy) is 2. The van der Waals surface area contributed by atoms with Gasteiger partial charge in [-0.1, -0.05) is 6.92 Å². The number of fused-ring (bicyclic) bond motifs is 1. The Hall–Kier alpha value is -1.68. The summed E-state index contributed by atoms with van der Waals surface area (Å²) in [5, 5.41) is 4.53. The minimum absolute atomic E-state index is 0.308. The maximum atomic E-state index is 6.05. The Balaban J connectivity index is 2.04. The Morgan fingerprint density at radius 3 is 2.65 bits per heavy atom. The van der Waals surface area contributed by atoms with Crippen molar-refractivity contribution in [1.29, 1.82) is 0 Å². The molecule has 0 saturated heterocycles. The SMILES string of the molecule is CCNC(c1cc2c(OC)cc(OC)cc2o1)C1CC1. The van der Waals surface area contributed by atoms with E-state index in [-0.39, 0.29) is 0 Å². The van der Waals surface area contributed by atoms with Crippen LogP contribution < -0.4 is 14.8 Å². The van der Waals surface area contributed by atoms with Crippen LogP contribution >= 0.6 is 0 Å². The molecule has 3 rings (SSSR count). The number of rotatable bonds is 6. The first-order valence-electron chi connectivity index (χ1n) is 7.15. The van der Waals surface area contributed by atoms with E-state index in [2.05, 4.69) is 18.3 Å². The highest BCUT2D eigenvalue weighted by Crippen LogP contribution is 2.43. The molecule has 0 aliphatic heterocycles. The molecule has 2 aromatic rings. The van der Waals surface area contributed by atoms with Gasteiger partial charge in [0.05, 0.1) is 25.6 Å². The summed E-state index contributed by atoms with van der Waals surface area (Å²) < 4.78 is 16.8. The Morgan fingerprint density at radius 2 is 2.05 bits per heavy atom. The van der Waals surface area contributed by atoms with Gasteiger partial charge in [0.15, 0.2) is 0 Å². The molecule has 0 spiro atoms. The third-order valence-corrected chi connectivity index (χ3v) is 3.87. The maximum Gasteiger partial charge on any atom is 0.141 e. The second-order valence-corrected chi connectivity index (χ2v) is 5.26. The fraction of sp³-hybridized carbons (Fsp3) is 0.500. The van der Waals surface area contributed by atoms with Crippen molar-refractivity contribution >= 4 is 11.0 Å². The van der Waals surface area contributed by atoms with Gasteiger partial charge >= 0.3 is 0 Å². The zero-order valence-corrected chi connectivity index (χ0v) is 12.2. The van der Waals surface area contributed by atoms with E-state index >= 15 is 0 Å². The second-order valence-electron chi connectivity index (χ2n) is 5.26. The molecule has 1 N–H and O–H groups in total. The molecular weight excluding hydrogens is 254 g/mol. The summed E-state index contributed by atoms with van der Waals surface area (Å²) in [7, 11) is 3.32. The third-order valence-electron chi connectivity index (χ3n) is 3.87. The van der Waals surface area contributed by atoms with E-state index in [0.29, 0.717) is 12.0 Å². The predicted molar refractivity (Wildman–Crippen MR) is 78.5 cm³/mol. The van der Waals surface area contributed by atoms with Crippen molar-refractivity contribution in [2.75, 3.05) is 20.8 Å². The molecule has 1 aromatic carbocycles. The molecule has 4 nitrogen and oxygen atoms in total. The van der Waals surface area contributed by atoms with Crippen LogP contribution in [-0.4, -0.2) is 20.8 Å². The van der Waals surface area contributed by atoms with E-state index in [0.717, 1.165) is 34.8 Å². The minimum atomic E-state index is 0.308. The topological polar surface area (TPSA) is 43.6 Å². The number of nitrogens with one attached hydrogen (secondary N) is 1. The number of hydrogen-bond acceptors (Lipinski definition) is 4. The van der Waals surface area contributed by atoms with Crippen molar-refractivity contribution in [1.82, 2.24) is 5.32 Å². The lowest BCUT2D eigenvalue weighted by molar-refractivity contribution is 0.393. The highest BCUT2D eigenvalue weighted by molar-refractivity contribution is 5.86. The Bertz CT molecular complexity index is 601. The first kappa shape index (κ1) is 13.3. The molecule has 20 heavy (non-hydrogen) atoms. The van der Waals surface area contributed by atoms with Gasteiger partial charge < -0.3 is 19.2 Å². The summed E-state index contributed by atoms with van der Waals surface area (Å²) in [6.07, 6.45) is 2.55. The smallest absolute Gasteiger partial charge is 0.141 e. The summed E-state index contributed by atoms with van der Waals surface area (Å²) >= 11 is 0. The number of hydrogen-bond donors (Lipinski definition) is 1. The molecule has 108 valence electrons. The average Bonchev–Trinajstić information content (AvgIpc) is 3.21. The molecule has 1 aliphatic rings. The lowest BCUT2D eigenvalue weighted by Crippen LogP contribution is -2.21. The van der Waals surface area contributed by atoms with Crippen molar-refractivity contribution in [3.8, 4) is 11.5 Å². The molecule has 1 atom stereocenters. The maximum absolute atomic E-state index is 6.05. The van der Waals surface area contributed by atoms with Gasteiger partial charge in [-0.3, -0.25) is 0 Å².